The van der Waals surface area contributed by atoms with Crippen LogP contribution >= 0.6 is 0 Å². The van der Waals surface area contributed by atoms with E-state index in [1.165, 1.54) is 7.11 Å². The van der Waals surface area contributed by atoms with Gasteiger partial charge in [0.15, 0.2) is 0 Å². The van der Waals surface area contributed by atoms with Crippen LogP contribution in [-0.4, -0.2) is 45.6 Å². The van der Waals surface area contributed by atoms with Crippen LogP contribution in [0.4, 0.5) is 0 Å². The number of esters is 1. The summed E-state index contributed by atoms with van der Waals surface area (Å²) in [5.74, 6) is 1.65. The van der Waals surface area contributed by atoms with Gasteiger partial charge in [-0.25, -0.2) is 4.79 Å². The van der Waals surface area contributed by atoms with E-state index in [-0.39, 0.29) is 23.9 Å². The number of carbonyl (C=O) groups is 3. The molecule has 0 aliphatic rings. The third kappa shape index (κ3) is 7.20. The molecule has 0 saturated carbocycles. The molecule has 1 atom stereocenters. The first-order valence-electron chi connectivity index (χ1n) is 9.18. The second-order valence-electron chi connectivity index (χ2n) is 8.07. The molecule has 28 heavy (non-hydrogen) atoms. The predicted molar refractivity (Wildman–Crippen MR) is 112 cm³/mol. The van der Waals surface area contributed by atoms with Crippen LogP contribution in [0.2, 0.25) is 18.1 Å². The van der Waals surface area contributed by atoms with E-state index in [2.05, 4.69) is 56.0 Å². The summed E-state index contributed by atoms with van der Waals surface area (Å²) in [6.45, 7) is 10.6. The molecule has 0 unspecified atom stereocenters. The molecule has 0 heterocycles. The zero-order valence-corrected chi connectivity index (χ0v) is 18.5. The van der Waals surface area contributed by atoms with Crippen molar-refractivity contribution in [2.24, 2.45) is 0 Å². The lowest BCUT2D eigenvalue weighted by atomic mass is 10.2. The maximum atomic E-state index is 12.2. The second kappa shape index (κ2) is 10.1. The molecule has 7 heteroatoms. The van der Waals surface area contributed by atoms with Gasteiger partial charge in [0, 0.05) is 12.0 Å². The van der Waals surface area contributed by atoms with Gasteiger partial charge >= 0.3 is 5.97 Å². The highest BCUT2D eigenvalue weighted by Crippen LogP contribution is 2.35. The Bertz CT molecular complexity index is 758. The number of ether oxygens (including phenoxy) is 1. The minimum atomic E-state index is -1.81. The summed E-state index contributed by atoms with van der Waals surface area (Å²) in [5, 5.41) is 5.22. The molecule has 2 N–H and O–H groups in total. The lowest BCUT2D eigenvalue weighted by molar-refractivity contribution is -0.144. The molecule has 1 aromatic carbocycles. The summed E-state index contributed by atoms with van der Waals surface area (Å²) in [5.41, 5.74) is 3.77. The molecule has 1 rings (SSSR count). The van der Waals surface area contributed by atoms with Crippen molar-refractivity contribution in [3.63, 3.8) is 0 Å². The number of hydrogen-bond donors (Lipinski definition) is 2. The summed E-state index contributed by atoms with van der Waals surface area (Å²) >= 11 is 0. The number of nitrogens with one attached hydrogen (secondary N) is 2. The first kappa shape index (κ1) is 23.4. The maximum Gasteiger partial charge on any atom is 0.329 e. The number of carbonyl (C=O) groups excluding carboxylic acids is 3. The molecule has 0 bridgehead atoms. The van der Waals surface area contributed by atoms with E-state index >= 15 is 0 Å². The van der Waals surface area contributed by atoms with Gasteiger partial charge in [0.1, 0.15) is 14.1 Å². The van der Waals surface area contributed by atoms with Crippen LogP contribution in [0.5, 0.6) is 0 Å². The fraction of sp³-hybridized carbons (Fsp3) is 0.476. The molecule has 0 fully saturated rings. The van der Waals surface area contributed by atoms with Gasteiger partial charge in [-0.15, -0.1) is 11.5 Å². The van der Waals surface area contributed by atoms with Gasteiger partial charge in [0.05, 0.1) is 13.7 Å². The molecular formula is C21H30N2O4Si. The van der Waals surface area contributed by atoms with Crippen molar-refractivity contribution < 1.29 is 19.1 Å². The molecule has 0 spiro atoms. The fourth-order valence-corrected chi connectivity index (χ4v) is 2.91. The van der Waals surface area contributed by atoms with Gasteiger partial charge in [-0.3, -0.25) is 9.59 Å². The number of hydrogen-bond acceptors (Lipinski definition) is 4. The Morgan fingerprint density at radius 3 is 2.29 bits per heavy atom. The molecule has 1 aromatic rings. The van der Waals surface area contributed by atoms with Crippen molar-refractivity contribution in [1.29, 1.82) is 0 Å². The van der Waals surface area contributed by atoms with Crippen LogP contribution in [0.25, 0.3) is 0 Å². The van der Waals surface area contributed by atoms with Crippen molar-refractivity contribution in [1.82, 2.24) is 10.6 Å². The SMILES string of the molecule is COC(=O)[C@H](CC#C[Si](C)(C)C(C)(C)C)NC(=O)CNC(=O)c1ccccc1. The quantitative estimate of drug-likeness (QED) is 0.435. The van der Waals surface area contributed by atoms with E-state index in [1.807, 2.05) is 0 Å². The van der Waals surface area contributed by atoms with Crippen LogP contribution in [0, 0.1) is 11.5 Å². The lowest BCUT2D eigenvalue weighted by Crippen LogP contribution is -2.46. The average Bonchev–Trinajstić information content (AvgIpc) is 2.64. The summed E-state index contributed by atoms with van der Waals surface area (Å²) in [6.07, 6.45) is 0.164. The molecule has 0 aliphatic heterocycles. The molecule has 0 aliphatic carbocycles. The van der Waals surface area contributed by atoms with Crippen LogP contribution < -0.4 is 10.6 Å². The third-order valence-electron chi connectivity index (χ3n) is 4.85. The Morgan fingerprint density at radius 1 is 1.14 bits per heavy atom. The number of benzene rings is 1. The molecule has 0 saturated heterocycles. The number of amides is 2. The molecule has 0 radical (unpaired) electrons. The van der Waals surface area contributed by atoms with E-state index < -0.39 is 26.0 Å². The first-order chi connectivity index (χ1) is 13.0. The van der Waals surface area contributed by atoms with Gasteiger partial charge < -0.3 is 15.4 Å². The third-order valence-corrected chi connectivity index (χ3v) is 9.40. The predicted octanol–water partition coefficient (Wildman–Crippen LogP) is 2.52. The Kier molecular flexibility index (Phi) is 8.45. The minimum Gasteiger partial charge on any atom is -0.467 e. The lowest BCUT2D eigenvalue weighted by Gasteiger charge is -2.31. The van der Waals surface area contributed by atoms with E-state index in [9.17, 15) is 14.4 Å². The van der Waals surface area contributed by atoms with Gasteiger partial charge in [0.2, 0.25) is 5.91 Å². The van der Waals surface area contributed by atoms with E-state index in [1.54, 1.807) is 30.3 Å². The highest BCUT2D eigenvalue weighted by molar-refractivity contribution is 6.87. The topological polar surface area (TPSA) is 84.5 Å². The van der Waals surface area contributed by atoms with Gasteiger partial charge in [-0.05, 0) is 17.2 Å². The van der Waals surface area contributed by atoms with E-state index in [4.69, 9.17) is 4.74 Å². The van der Waals surface area contributed by atoms with Crippen LogP contribution in [0.3, 0.4) is 0 Å². The summed E-state index contributed by atoms with van der Waals surface area (Å²) in [6, 6.07) is 7.72. The summed E-state index contributed by atoms with van der Waals surface area (Å²) in [7, 11) is -0.543. The van der Waals surface area contributed by atoms with Crippen LogP contribution in [-0.2, 0) is 14.3 Å². The molecule has 0 aromatic heterocycles. The normalized spacial score (nSPS) is 12.2. The smallest absolute Gasteiger partial charge is 0.329 e. The van der Waals surface area contributed by atoms with Crippen molar-refractivity contribution in [3.8, 4) is 11.5 Å². The highest BCUT2D eigenvalue weighted by atomic mass is 28.3. The monoisotopic (exact) mass is 402 g/mol. The molecule has 2 amide bonds. The molecular weight excluding hydrogens is 372 g/mol. The maximum absolute atomic E-state index is 12.2. The zero-order chi connectivity index (χ0) is 21.4. The van der Waals surface area contributed by atoms with E-state index in [0.717, 1.165) is 0 Å². The Hall–Kier alpha value is -2.59. The van der Waals surface area contributed by atoms with Gasteiger partial charge in [-0.2, -0.15) is 0 Å². The highest BCUT2D eigenvalue weighted by Gasteiger charge is 2.33. The number of methoxy groups -OCH3 is 1. The first-order valence-corrected chi connectivity index (χ1v) is 12.2. The Morgan fingerprint density at radius 2 is 1.75 bits per heavy atom. The van der Waals surface area contributed by atoms with Gasteiger partial charge in [-0.1, -0.05) is 52.1 Å². The summed E-state index contributed by atoms with van der Waals surface area (Å²) in [4.78, 5) is 36.1. The molecule has 152 valence electrons. The van der Waals surface area contributed by atoms with Crippen molar-refractivity contribution in [2.75, 3.05) is 13.7 Å². The standard InChI is InChI=1S/C21H30N2O4Si/c1-21(2,3)28(5,6)14-10-13-17(20(26)27-4)23-18(24)15-22-19(25)16-11-8-7-9-12-16/h7-9,11-12,17H,13,15H2,1-6H3,(H,22,25)(H,23,24)/t17-/m0/s1. The van der Waals surface area contributed by atoms with Crippen molar-refractivity contribution in [2.45, 2.75) is 51.4 Å². The van der Waals surface area contributed by atoms with Crippen LogP contribution in [0.15, 0.2) is 30.3 Å². The fourth-order valence-electron chi connectivity index (χ4n) is 1.99. The van der Waals surface area contributed by atoms with Crippen molar-refractivity contribution in [3.05, 3.63) is 35.9 Å². The molecule has 6 nitrogen and oxygen atoms in total. The summed E-state index contributed by atoms with van der Waals surface area (Å²) < 4.78 is 4.76. The van der Waals surface area contributed by atoms with Crippen molar-refractivity contribution >= 4 is 25.9 Å². The minimum absolute atomic E-state index is 0.103. The van der Waals surface area contributed by atoms with Gasteiger partial charge in [0.25, 0.3) is 5.91 Å². The average molecular weight is 403 g/mol. The largest absolute Gasteiger partial charge is 0.467 e. The zero-order valence-electron chi connectivity index (χ0n) is 17.5. The Balaban J connectivity index is 2.68. The number of rotatable bonds is 6. The second-order valence-corrected chi connectivity index (χ2v) is 13.1. The Labute approximate surface area is 168 Å². The van der Waals surface area contributed by atoms with Crippen LogP contribution in [0.1, 0.15) is 37.6 Å². The van der Waals surface area contributed by atoms with E-state index in [0.29, 0.717) is 5.56 Å².